The van der Waals surface area contributed by atoms with Gasteiger partial charge in [0, 0.05) is 11.6 Å². The van der Waals surface area contributed by atoms with Gasteiger partial charge in [-0.1, -0.05) is 35.3 Å². The second-order valence-corrected chi connectivity index (χ2v) is 4.87. The molecule has 0 fully saturated rings. The molecular formula is C14H12Cl2FN. The second-order valence-electron chi connectivity index (χ2n) is 4.03. The molecule has 0 heterocycles. The molecule has 2 aromatic rings. The molecule has 0 aromatic heterocycles. The number of aryl methyl sites for hydroxylation is 1. The molecule has 0 unspecified atom stereocenters. The summed E-state index contributed by atoms with van der Waals surface area (Å²) in [5, 5.41) is 3.85. The Balaban J connectivity index is 2.14. The van der Waals surface area contributed by atoms with Crippen LogP contribution < -0.4 is 5.32 Å². The Morgan fingerprint density at radius 3 is 2.67 bits per heavy atom. The van der Waals surface area contributed by atoms with Crippen molar-refractivity contribution in [3.05, 3.63) is 63.4 Å². The highest BCUT2D eigenvalue weighted by Gasteiger charge is 2.06. The van der Waals surface area contributed by atoms with Crippen molar-refractivity contribution in [3.8, 4) is 0 Å². The van der Waals surface area contributed by atoms with Gasteiger partial charge in [0.15, 0.2) is 5.82 Å². The zero-order valence-corrected chi connectivity index (χ0v) is 11.3. The van der Waals surface area contributed by atoms with E-state index in [1.807, 2.05) is 25.1 Å². The number of hydrogen-bond donors (Lipinski definition) is 1. The van der Waals surface area contributed by atoms with Crippen LogP contribution >= 0.6 is 23.2 Å². The van der Waals surface area contributed by atoms with Gasteiger partial charge in [-0.15, -0.1) is 0 Å². The van der Waals surface area contributed by atoms with E-state index in [-0.39, 0.29) is 5.02 Å². The molecule has 0 saturated heterocycles. The van der Waals surface area contributed by atoms with E-state index in [1.54, 1.807) is 12.1 Å². The fraction of sp³-hybridized carbons (Fsp3) is 0.143. The topological polar surface area (TPSA) is 12.0 Å². The summed E-state index contributed by atoms with van der Waals surface area (Å²) in [7, 11) is 0. The van der Waals surface area contributed by atoms with Crippen molar-refractivity contribution < 1.29 is 4.39 Å². The van der Waals surface area contributed by atoms with Gasteiger partial charge in [-0.05, 0) is 42.3 Å². The summed E-state index contributed by atoms with van der Waals surface area (Å²) in [6.07, 6.45) is 0. The van der Waals surface area contributed by atoms with Gasteiger partial charge in [0.2, 0.25) is 0 Å². The van der Waals surface area contributed by atoms with E-state index < -0.39 is 5.82 Å². The smallest absolute Gasteiger partial charge is 0.164 e. The molecule has 1 nitrogen and oxygen atoms in total. The Kier molecular flexibility index (Phi) is 4.10. The lowest BCUT2D eigenvalue weighted by Gasteiger charge is -2.10. The van der Waals surface area contributed by atoms with Crippen LogP contribution in [-0.2, 0) is 6.54 Å². The minimum Gasteiger partial charge on any atom is -0.379 e. The fourth-order valence-electron chi connectivity index (χ4n) is 1.69. The normalized spacial score (nSPS) is 10.4. The fourth-order valence-corrected chi connectivity index (χ4v) is 2.09. The van der Waals surface area contributed by atoms with Crippen LogP contribution in [0.15, 0.2) is 36.4 Å². The Hall–Kier alpha value is -1.25. The first kappa shape index (κ1) is 13.2. The number of benzene rings is 2. The van der Waals surface area contributed by atoms with Crippen molar-refractivity contribution in [2.45, 2.75) is 13.5 Å². The molecule has 2 rings (SSSR count). The molecule has 18 heavy (non-hydrogen) atoms. The van der Waals surface area contributed by atoms with Crippen LogP contribution in [0.3, 0.4) is 0 Å². The minimum atomic E-state index is -0.425. The molecule has 0 bridgehead atoms. The van der Waals surface area contributed by atoms with Crippen molar-refractivity contribution in [1.29, 1.82) is 0 Å². The second kappa shape index (κ2) is 5.59. The molecule has 0 atom stereocenters. The van der Waals surface area contributed by atoms with Gasteiger partial charge in [-0.3, -0.25) is 0 Å². The highest BCUT2D eigenvalue weighted by atomic mass is 35.5. The number of halogens is 3. The van der Waals surface area contributed by atoms with Gasteiger partial charge in [-0.2, -0.15) is 0 Å². The van der Waals surface area contributed by atoms with E-state index in [4.69, 9.17) is 23.2 Å². The Morgan fingerprint density at radius 1 is 1.17 bits per heavy atom. The van der Waals surface area contributed by atoms with E-state index in [0.29, 0.717) is 17.3 Å². The third-order valence-corrected chi connectivity index (χ3v) is 3.25. The molecule has 0 aliphatic carbocycles. The molecule has 0 aliphatic rings. The summed E-state index contributed by atoms with van der Waals surface area (Å²) < 4.78 is 13.7. The van der Waals surface area contributed by atoms with Crippen LogP contribution in [-0.4, -0.2) is 0 Å². The minimum absolute atomic E-state index is 0.118. The molecule has 1 N–H and O–H groups in total. The maximum absolute atomic E-state index is 13.7. The quantitative estimate of drug-likeness (QED) is 0.831. The number of nitrogens with one attached hydrogen (secondary N) is 1. The van der Waals surface area contributed by atoms with Gasteiger partial charge in [0.25, 0.3) is 0 Å². The first-order chi connectivity index (χ1) is 8.58. The zero-order valence-electron chi connectivity index (χ0n) is 9.81. The molecule has 0 radical (unpaired) electrons. The van der Waals surface area contributed by atoms with Crippen LogP contribution in [0.4, 0.5) is 10.1 Å². The van der Waals surface area contributed by atoms with Crippen LogP contribution in [0.5, 0.6) is 0 Å². The van der Waals surface area contributed by atoms with Gasteiger partial charge >= 0.3 is 0 Å². The summed E-state index contributed by atoms with van der Waals surface area (Å²) in [6.45, 7) is 2.50. The van der Waals surface area contributed by atoms with Crippen molar-refractivity contribution in [3.63, 3.8) is 0 Å². The largest absolute Gasteiger partial charge is 0.379 e. The first-order valence-corrected chi connectivity index (χ1v) is 6.26. The van der Waals surface area contributed by atoms with Crippen molar-refractivity contribution in [1.82, 2.24) is 0 Å². The average Bonchev–Trinajstić information content (AvgIpc) is 2.33. The highest BCUT2D eigenvalue weighted by Crippen LogP contribution is 2.23. The maximum Gasteiger partial charge on any atom is 0.164 e. The van der Waals surface area contributed by atoms with E-state index in [9.17, 15) is 4.39 Å². The van der Waals surface area contributed by atoms with E-state index in [1.165, 1.54) is 6.07 Å². The van der Waals surface area contributed by atoms with Gasteiger partial charge in [0.05, 0.1) is 10.7 Å². The van der Waals surface area contributed by atoms with Crippen molar-refractivity contribution >= 4 is 28.9 Å². The average molecular weight is 284 g/mol. The summed E-state index contributed by atoms with van der Waals surface area (Å²) in [4.78, 5) is 0. The van der Waals surface area contributed by atoms with Crippen LogP contribution in [0, 0.1) is 12.7 Å². The summed E-state index contributed by atoms with van der Waals surface area (Å²) in [5.41, 5.74) is 2.54. The molecule has 0 saturated carbocycles. The number of anilines is 1. The predicted octanol–water partition coefficient (Wildman–Crippen LogP) is 5.05. The van der Waals surface area contributed by atoms with E-state index >= 15 is 0 Å². The third-order valence-electron chi connectivity index (χ3n) is 2.73. The van der Waals surface area contributed by atoms with Crippen molar-refractivity contribution in [2.24, 2.45) is 0 Å². The monoisotopic (exact) mass is 283 g/mol. The highest BCUT2D eigenvalue weighted by molar-refractivity contribution is 6.31. The van der Waals surface area contributed by atoms with Gasteiger partial charge in [-0.25, -0.2) is 4.39 Å². The van der Waals surface area contributed by atoms with Crippen LogP contribution in [0.25, 0.3) is 0 Å². The van der Waals surface area contributed by atoms with Crippen LogP contribution in [0.1, 0.15) is 11.1 Å². The lowest BCUT2D eigenvalue weighted by molar-refractivity contribution is 0.630. The number of hydrogen-bond acceptors (Lipinski definition) is 1. The number of rotatable bonds is 3. The molecule has 0 amide bonds. The van der Waals surface area contributed by atoms with Gasteiger partial charge in [0.1, 0.15) is 0 Å². The summed E-state index contributed by atoms with van der Waals surface area (Å²) in [5.74, 6) is -0.425. The molecule has 0 aliphatic heterocycles. The molecular weight excluding hydrogens is 272 g/mol. The predicted molar refractivity (Wildman–Crippen MR) is 74.9 cm³/mol. The molecule has 4 heteroatoms. The van der Waals surface area contributed by atoms with Gasteiger partial charge < -0.3 is 5.32 Å². The SMILES string of the molecule is Cc1cc(Cl)ccc1CNc1cccc(Cl)c1F. The molecule has 2 aromatic carbocycles. The maximum atomic E-state index is 13.7. The molecule has 94 valence electrons. The summed E-state index contributed by atoms with van der Waals surface area (Å²) in [6, 6.07) is 10.5. The van der Waals surface area contributed by atoms with E-state index in [2.05, 4.69) is 5.32 Å². The summed E-state index contributed by atoms with van der Waals surface area (Å²) >= 11 is 11.6. The Morgan fingerprint density at radius 2 is 1.94 bits per heavy atom. The lowest BCUT2D eigenvalue weighted by Crippen LogP contribution is -2.03. The first-order valence-electron chi connectivity index (χ1n) is 5.51. The van der Waals surface area contributed by atoms with Crippen molar-refractivity contribution in [2.75, 3.05) is 5.32 Å². The molecule has 0 spiro atoms. The lowest BCUT2D eigenvalue weighted by atomic mass is 10.1. The van der Waals surface area contributed by atoms with E-state index in [0.717, 1.165) is 11.1 Å². The standard InChI is InChI=1S/C14H12Cl2FN/c1-9-7-11(15)6-5-10(9)8-18-13-4-2-3-12(16)14(13)17/h2-7,18H,8H2,1H3. The van der Waals surface area contributed by atoms with Crippen LogP contribution in [0.2, 0.25) is 10.0 Å². The third kappa shape index (κ3) is 2.95. The zero-order chi connectivity index (χ0) is 13.1. The Labute approximate surface area is 116 Å². The Bertz CT molecular complexity index is 570.